The number of benzene rings is 1. The quantitative estimate of drug-likeness (QED) is 0.796. The molecule has 2 aliphatic rings. The van der Waals surface area contributed by atoms with Crippen molar-refractivity contribution in [3.63, 3.8) is 0 Å². The van der Waals surface area contributed by atoms with Crippen LogP contribution in [-0.2, 0) is 11.3 Å². The molecule has 0 bridgehead atoms. The van der Waals surface area contributed by atoms with Gasteiger partial charge in [0, 0.05) is 26.2 Å². The van der Waals surface area contributed by atoms with Crippen LogP contribution in [0.15, 0.2) is 12.1 Å². The number of ether oxygens (including phenoxy) is 3. The predicted molar refractivity (Wildman–Crippen MR) is 89.2 cm³/mol. The predicted octanol–water partition coefficient (Wildman–Crippen LogP) is 0.711. The van der Waals surface area contributed by atoms with E-state index in [1.807, 2.05) is 12.1 Å². The van der Waals surface area contributed by atoms with Gasteiger partial charge in [-0.2, -0.15) is 0 Å². The SMILES string of the molecule is COc1cc(CN2CCCC(C(=O)NCCN)C2)cc2c1OCO2. The number of nitrogens with two attached hydrogens (primary N) is 1. The van der Waals surface area contributed by atoms with Gasteiger partial charge in [-0.1, -0.05) is 0 Å². The summed E-state index contributed by atoms with van der Waals surface area (Å²) in [6.45, 7) is 3.73. The van der Waals surface area contributed by atoms with Crippen LogP contribution in [0.1, 0.15) is 18.4 Å². The number of hydrogen-bond acceptors (Lipinski definition) is 6. The summed E-state index contributed by atoms with van der Waals surface area (Å²) in [7, 11) is 1.62. The van der Waals surface area contributed by atoms with Gasteiger partial charge in [-0.25, -0.2) is 0 Å². The Labute approximate surface area is 142 Å². The van der Waals surface area contributed by atoms with E-state index in [0.717, 1.165) is 43.8 Å². The Morgan fingerprint density at radius 3 is 3.12 bits per heavy atom. The minimum Gasteiger partial charge on any atom is -0.493 e. The van der Waals surface area contributed by atoms with Gasteiger partial charge in [0.25, 0.3) is 0 Å². The topological polar surface area (TPSA) is 86.1 Å². The molecule has 1 fully saturated rings. The van der Waals surface area contributed by atoms with Crippen molar-refractivity contribution < 1.29 is 19.0 Å². The molecule has 7 nitrogen and oxygen atoms in total. The van der Waals surface area contributed by atoms with Crippen LogP contribution in [0.2, 0.25) is 0 Å². The Morgan fingerprint density at radius 1 is 1.46 bits per heavy atom. The van der Waals surface area contributed by atoms with Crippen LogP contribution in [0, 0.1) is 5.92 Å². The van der Waals surface area contributed by atoms with Gasteiger partial charge >= 0.3 is 0 Å². The number of fused-ring (bicyclic) bond motifs is 1. The summed E-state index contributed by atoms with van der Waals surface area (Å²) in [6, 6.07) is 3.97. The number of hydrogen-bond donors (Lipinski definition) is 2. The van der Waals surface area contributed by atoms with E-state index in [9.17, 15) is 4.79 Å². The fourth-order valence-electron chi connectivity index (χ4n) is 3.29. The third kappa shape index (κ3) is 3.73. The molecule has 0 aliphatic carbocycles. The molecule has 7 heteroatoms. The lowest BCUT2D eigenvalue weighted by molar-refractivity contribution is -0.126. The Bertz CT molecular complexity index is 593. The average Bonchev–Trinajstić information content (AvgIpc) is 3.07. The number of amides is 1. The van der Waals surface area contributed by atoms with E-state index < -0.39 is 0 Å². The zero-order valence-electron chi connectivity index (χ0n) is 14.0. The summed E-state index contributed by atoms with van der Waals surface area (Å²) in [5.74, 6) is 2.21. The molecule has 3 rings (SSSR count). The normalized spacial score (nSPS) is 20.0. The number of carbonyl (C=O) groups excluding carboxylic acids is 1. The summed E-state index contributed by atoms with van der Waals surface area (Å²) in [4.78, 5) is 14.5. The first-order chi connectivity index (χ1) is 11.7. The molecule has 132 valence electrons. The number of nitrogens with one attached hydrogen (secondary N) is 1. The molecule has 0 spiro atoms. The zero-order valence-corrected chi connectivity index (χ0v) is 14.0. The number of nitrogens with zero attached hydrogens (tertiary/aromatic N) is 1. The van der Waals surface area contributed by atoms with Crippen molar-refractivity contribution in [1.82, 2.24) is 10.2 Å². The van der Waals surface area contributed by atoms with E-state index in [0.29, 0.717) is 24.6 Å². The molecule has 0 saturated carbocycles. The van der Waals surface area contributed by atoms with Crippen LogP contribution in [0.4, 0.5) is 0 Å². The maximum atomic E-state index is 12.2. The average molecular weight is 335 g/mol. The standard InChI is InChI=1S/C17H25N3O4/c1-22-14-7-12(8-15-16(14)24-11-23-15)9-20-6-2-3-13(10-20)17(21)19-5-4-18/h7-8,13H,2-6,9-11,18H2,1H3,(H,19,21). The summed E-state index contributed by atoms with van der Waals surface area (Å²) < 4.78 is 16.3. The molecule has 0 aromatic heterocycles. The smallest absolute Gasteiger partial charge is 0.231 e. The third-order valence-corrected chi connectivity index (χ3v) is 4.44. The van der Waals surface area contributed by atoms with Crippen molar-refractivity contribution in [2.24, 2.45) is 11.7 Å². The minimum atomic E-state index is 0.0289. The van der Waals surface area contributed by atoms with Crippen LogP contribution in [0.5, 0.6) is 17.2 Å². The molecule has 1 unspecified atom stereocenters. The van der Waals surface area contributed by atoms with Gasteiger partial charge < -0.3 is 25.3 Å². The van der Waals surface area contributed by atoms with Crippen molar-refractivity contribution in [3.8, 4) is 17.2 Å². The van der Waals surface area contributed by atoms with Crippen molar-refractivity contribution in [1.29, 1.82) is 0 Å². The van der Waals surface area contributed by atoms with Crippen LogP contribution < -0.4 is 25.3 Å². The lowest BCUT2D eigenvalue weighted by Crippen LogP contribution is -2.43. The fraction of sp³-hybridized carbons (Fsp3) is 0.588. The molecule has 1 aromatic carbocycles. The highest BCUT2D eigenvalue weighted by Gasteiger charge is 2.26. The Balaban J connectivity index is 1.64. The first-order valence-corrected chi connectivity index (χ1v) is 8.38. The van der Waals surface area contributed by atoms with E-state index in [-0.39, 0.29) is 18.6 Å². The summed E-state index contributed by atoms with van der Waals surface area (Å²) in [6.07, 6.45) is 1.94. The maximum Gasteiger partial charge on any atom is 0.231 e. The number of rotatable bonds is 6. The first kappa shape index (κ1) is 16.9. The molecule has 3 N–H and O–H groups in total. The molecule has 24 heavy (non-hydrogen) atoms. The number of piperidine rings is 1. The van der Waals surface area contributed by atoms with Gasteiger partial charge in [-0.15, -0.1) is 0 Å². The molecule has 1 amide bonds. The lowest BCUT2D eigenvalue weighted by atomic mass is 9.96. The monoisotopic (exact) mass is 335 g/mol. The highest BCUT2D eigenvalue weighted by atomic mass is 16.7. The molecule has 2 heterocycles. The van der Waals surface area contributed by atoms with E-state index in [4.69, 9.17) is 19.9 Å². The van der Waals surface area contributed by atoms with Gasteiger partial charge in [0.15, 0.2) is 11.5 Å². The van der Waals surface area contributed by atoms with E-state index in [2.05, 4.69) is 10.2 Å². The van der Waals surface area contributed by atoms with Crippen molar-refractivity contribution >= 4 is 5.91 Å². The van der Waals surface area contributed by atoms with Crippen LogP contribution >= 0.6 is 0 Å². The fourth-order valence-corrected chi connectivity index (χ4v) is 3.29. The van der Waals surface area contributed by atoms with E-state index >= 15 is 0 Å². The van der Waals surface area contributed by atoms with E-state index in [1.165, 1.54) is 0 Å². The second kappa shape index (κ2) is 7.72. The Kier molecular flexibility index (Phi) is 5.42. The van der Waals surface area contributed by atoms with Crippen LogP contribution in [0.3, 0.4) is 0 Å². The number of carbonyl (C=O) groups is 1. The largest absolute Gasteiger partial charge is 0.493 e. The highest BCUT2D eigenvalue weighted by Crippen LogP contribution is 2.42. The summed E-state index contributed by atoms with van der Waals surface area (Å²) >= 11 is 0. The second-order valence-electron chi connectivity index (χ2n) is 6.19. The molecule has 1 aromatic rings. The van der Waals surface area contributed by atoms with Gasteiger partial charge in [-0.05, 0) is 37.1 Å². The zero-order chi connectivity index (χ0) is 16.9. The third-order valence-electron chi connectivity index (χ3n) is 4.44. The molecular weight excluding hydrogens is 310 g/mol. The molecular formula is C17H25N3O4. The van der Waals surface area contributed by atoms with Crippen molar-refractivity contribution in [2.75, 3.05) is 40.1 Å². The Hall–Kier alpha value is -1.99. The maximum absolute atomic E-state index is 12.2. The minimum absolute atomic E-state index is 0.0289. The molecule has 2 aliphatic heterocycles. The molecule has 1 saturated heterocycles. The van der Waals surface area contributed by atoms with Crippen LogP contribution in [0.25, 0.3) is 0 Å². The van der Waals surface area contributed by atoms with Crippen molar-refractivity contribution in [3.05, 3.63) is 17.7 Å². The van der Waals surface area contributed by atoms with Gasteiger partial charge in [0.1, 0.15) is 0 Å². The summed E-state index contributed by atoms with van der Waals surface area (Å²) in [5.41, 5.74) is 6.55. The first-order valence-electron chi connectivity index (χ1n) is 8.38. The van der Waals surface area contributed by atoms with Gasteiger partial charge in [0.05, 0.1) is 13.0 Å². The molecule has 0 radical (unpaired) electrons. The highest BCUT2D eigenvalue weighted by molar-refractivity contribution is 5.78. The number of methoxy groups -OCH3 is 1. The van der Waals surface area contributed by atoms with Gasteiger partial charge in [0.2, 0.25) is 18.4 Å². The Morgan fingerprint density at radius 2 is 2.33 bits per heavy atom. The van der Waals surface area contributed by atoms with Crippen molar-refractivity contribution in [2.45, 2.75) is 19.4 Å². The summed E-state index contributed by atoms with van der Waals surface area (Å²) in [5, 5.41) is 2.89. The number of likely N-dealkylation sites (tertiary alicyclic amines) is 1. The van der Waals surface area contributed by atoms with Gasteiger partial charge in [-0.3, -0.25) is 9.69 Å². The lowest BCUT2D eigenvalue weighted by Gasteiger charge is -2.32. The van der Waals surface area contributed by atoms with E-state index in [1.54, 1.807) is 7.11 Å². The molecule has 1 atom stereocenters. The van der Waals surface area contributed by atoms with Crippen LogP contribution in [-0.4, -0.2) is 50.9 Å². The second-order valence-corrected chi connectivity index (χ2v) is 6.19.